The average molecular weight is 299 g/mol. The van der Waals surface area contributed by atoms with E-state index in [0.29, 0.717) is 11.5 Å². The van der Waals surface area contributed by atoms with Gasteiger partial charge in [-0.15, -0.1) is 0 Å². The van der Waals surface area contributed by atoms with Crippen LogP contribution < -0.4 is 5.73 Å². The largest absolute Gasteiger partial charge is 0.369 e. The first kappa shape index (κ1) is 15.1. The van der Waals surface area contributed by atoms with Crippen molar-refractivity contribution < 1.29 is 4.39 Å². The summed E-state index contributed by atoms with van der Waals surface area (Å²) in [5.74, 6) is -0.0819. The molecule has 4 nitrogen and oxygen atoms in total. The van der Waals surface area contributed by atoms with Crippen LogP contribution in [0.3, 0.4) is 0 Å². The Labute approximate surface area is 123 Å². The van der Waals surface area contributed by atoms with E-state index in [9.17, 15) is 4.39 Å². The van der Waals surface area contributed by atoms with Crippen LogP contribution >= 0.6 is 11.6 Å². The molecule has 2 aromatic rings. The number of benzene rings is 1. The summed E-state index contributed by atoms with van der Waals surface area (Å²) in [6.07, 6.45) is 0. The van der Waals surface area contributed by atoms with Crippen molar-refractivity contribution >= 4 is 28.6 Å². The molecule has 110 valence electrons. The molecule has 0 bridgehead atoms. The Kier molecular flexibility index (Phi) is 4.50. The smallest absolute Gasteiger partial charge is 0.201 e. The summed E-state index contributed by atoms with van der Waals surface area (Å²) >= 11 is 5.87. The van der Waals surface area contributed by atoms with Gasteiger partial charge in [-0.25, -0.2) is 9.37 Å². The minimum absolute atomic E-state index is 0.0914. The highest BCUT2D eigenvalue weighted by Crippen LogP contribution is 2.27. The van der Waals surface area contributed by atoms with Gasteiger partial charge >= 0.3 is 0 Å². The van der Waals surface area contributed by atoms with Crippen LogP contribution in [0.4, 0.5) is 10.3 Å². The van der Waals surface area contributed by atoms with E-state index in [1.807, 2.05) is 4.57 Å². The number of hydrogen-bond acceptors (Lipinski definition) is 3. The van der Waals surface area contributed by atoms with Gasteiger partial charge in [-0.3, -0.25) is 0 Å². The molecule has 2 N–H and O–H groups in total. The second-order valence-corrected chi connectivity index (χ2v) is 5.34. The lowest BCUT2D eigenvalue weighted by Gasteiger charge is -2.24. The lowest BCUT2D eigenvalue weighted by atomic mass is 10.2. The maximum Gasteiger partial charge on any atom is 0.201 e. The Morgan fingerprint density at radius 1 is 1.40 bits per heavy atom. The first-order chi connectivity index (χ1) is 9.47. The maximum absolute atomic E-state index is 13.5. The summed E-state index contributed by atoms with van der Waals surface area (Å²) < 4.78 is 15.4. The molecule has 1 aromatic heterocycles. The van der Waals surface area contributed by atoms with Crippen molar-refractivity contribution in [2.24, 2.45) is 0 Å². The van der Waals surface area contributed by atoms with Gasteiger partial charge in [0.1, 0.15) is 5.82 Å². The molecule has 0 aliphatic rings. The zero-order chi connectivity index (χ0) is 14.9. The van der Waals surface area contributed by atoms with Crippen LogP contribution in [0.5, 0.6) is 0 Å². The predicted molar refractivity (Wildman–Crippen MR) is 81.6 cm³/mol. The fraction of sp³-hybridized carbons (Fsp3) is 0.500. The molecule has 0 aliphatic heterocycles. The predicted octanol–water partition coefficient (Wildman–Crippen LogP) is 3.31. The third-order valence-corrected chi connectivity index (χ3v) is 3.91. The van der Waals surface area contributed by atoms with E-state index < -0.39 is 5.82 Å². The molecule has 1 unspecified atom stereocenters. The van der Waals surface area contributed by atoms with E-state index in [1.165, 1.54) is 6.07 Å². The SMILES string of the molecule is CCN(CC)CC(C)n1c(N)nc2cc(F)c(Cl)cc21. The topological polar surface area (TPSA) is 47.1 Å². The molecule has 6 heteroatoms. The normalized spacial score (nSPS) is 13.3. The highest BCUT2D eigenvalue weighted by Gasteiger charge is 2.17. The molecule has 0 radical (unpaired) electrons. The molecule has 2 rings (SSSR count). The minimum Gasteiger partial charge on any atom is -0.369 e. The van der Waals surface area contributed by atoms with Crippen LogP contribution in [0.2, 0.25) is 5.02 Å². The molecule has 20 heavy (non-hydrogen) atoms. The summed E-state index contributed by atoms with van der Waals surface area (Å²) in [5, 5.41) is 0.0914. The van der Waals surface area contributed by atoms with Crippen LogP contribution in [0.15, 0.2) is 12.1 Å². The number of nitrogens with zero attached hydrogens (tertiary/aromatic N) is 3. The molecule has 1 heterocycles. The average Bonchev–Trinajstić information content (AvgIpc) is 2.71. The Balaban J connectivity index is 2.42. The summed E-state index contributed by atoms with van der Waals surface area (Å²) in [7, 11) is 0. The highest BCUT2D eigenvalue weighted by atomic mass is 35.5. The molecule has 1 aromatic carbocycles. The molecule has 0 amide bonds. The number of halogens is 2. The van der Waals surface area contributed by atoms with Gasteiger partial charge in [0.2, 0.25) is 5.95 Å². The van der Waals surface area contributed by atoms with Gasteiger partial charge in [0.25, 0.3) is 0 Å². The van der Waals surface area contributed by atoms with Gasteiger partial charge in [0, 0.05) is 18.7 Å². The maximum atomic E-state index is 13.5. The molecular weight excluding hydrogens is 279 g/mol. The number of imidazole rings is 1. The fourth-order valence-corrected chi connectivity index (χ4v) is 2.67. The number of nitrogens with two attached hydrogens (primary N) is 1. The van der Waals surface area contributed by atoms with Gasteiger partial charge in [-0.2, -0.15) is 0 Å². The van der Waals surface area contributed by atoms with Crippen LogP contribution in [-0.2, 0) is 0 Å². The van der Waals surface area contributed by atoms with Crippen LogP contribution in [0.25, 0.3) is 11.0 Å². The molecule has 0 saturated carbocycles. The summed E-state index contributed by atoms with van der Waals surface area (Å²) in [6.45, 7) is 9.13. The number of rotatable bonds is 5. The lowest BCUT2D eigenvalue weighted by Crippen LogP contribution is -2.29. The van der Waals surface area contributed by atoms with Crippen molar-refractivity contribution in [1.29, 1.82) is 0 Å². The zero-order valence-corrected chi connectivity index (χ0v) is 12.8. The number of fused-ring (bicyclic) bond motifs is 1. The zero-order valence-electron chi connectivity index (χ0n) is 12.0. The van der Waals surface area contributed by atoms with Crippen molar-refractivity contribution in [3.63, 3.8) is 0 Å². The summed E-state index contributed by atoms with van der Waals surface area (Å²) in [5.41, 5.74) is 7.29. The molecule has 1 atom stereocenters. The second kappa shape index (κ2) is 5.97. The number of hydrogen-bond donors (Lipinski definition) is 1. The van der Waals surface area contributed by atoms with Crippen molar-refractivity contribution in [3.05, 3.63) is 23.0 Å². The van der Waals surface area contributed by atoms with Crippen molar-refractivity contribution in [1.82, 2.24) is 14.5 Å². The van der Waals surface area contributed by atoms with Crippen molar-refractivity contribution in [2.75, 3.05) is 25.4 Å². The van der Waals surface area contributed by atoms with Crippen LogP contribution in [0.1, 0.15) is 26.8 Å². The number of likely N-dealkylation sites (N-methyl/N-ethyl adjacent to an activating group) is 1. The molecule has 0 fully saturated rings. The Bertz CT molecular complexity index is 607. The van der Waals surface area contributed by atoms with E-state index in [0.717, 1.165) is 25.2 Å². The third kappa shape index (κ3) is 2.74. The molecule has 0 aliphatic carbocycles. The molecule has 0 spiro atoms. The van der Waals surface area contributed by atoms with Gasteiger partial charge in [0.05, 0.1) is 16.1 Å². The van der Waals surface area contributed by atoms with E-state index >= 15 is 0 Å². The lowest BCUT2D eigenvalue weighted by molar-refractivity contribution is 0.264. The Hall–Kier alpha value is -1.33. The fourth-order valence-electron chi connectivity index (χ4n) is 2.51. The van der Waals surface area contributed by atoms with E-state index in [-0.39, 0.29) is 11.1 Å². The first-order valence-electron chi connectivity index (χ1n) is 6.82. The summed E-state index contributed by atoms with van der Waals surface area (Å²) in [6, 6.07) is 3.06. The van der Waals surface area contributed by atoms with Gasteiger partial charge in [0.15, 0.2) is 0 Å². The van der Waals surface area contributed by atoms with Crippen LogP contribution in [-0.4, -0.2) is 34.1 Å². The Morgan fingerprint density at radius 2 is 2.05 bits per heavy atom. The second-order valence-electron chi connectivity index (χ2n) is 4.93. The number of anilines is 1. The molecular formula is C14H20ClFN4. The van der Waals surface area contributed by atoms with Crippen molar-refractivity contribution in [3.8, 4) is 0 Å². The minimum atomic E-state index is -0.472. The molecule has 0 saturated heterocycles. The van der Waals surface area contributed by atoms with Gasteiger partial charge < -0.3 is 15.2 Å². The number of aromatic nitrogens is 2. The van der Waals surface area contributed by atoms with Gasteiger partial charge in [-0.05, 0) is 26.1 Å². The summed E-state index contributed by atoms with van der Waals surface area (Å²) in [4.78, 5) is 6.53. The Morgan fingerprint density at radius 3 is 2.65 bits per heavy atom. The van der Waals surface area contributed by atoms with Gasteiger partial charge in [-0.1, -0.05) is 25.4 Å². The first-order valence-corrected chi connectivity index (χ1v) is 7.20. The standard InChI is InChI=1S/C14H20ClFN4/c1-4-19(5-2)8-9(3)20-13-6-10(15)11(16)7-12(13)18-14(20)17/h6-7,9H,4-5,8H2,1-3H3,(H2,17,18). The van der Waals surface area contributed by atoms with E-state index in [2.05, 4.69) is 30.7 Å². The third-order valence-electron chi connectivity index (χ3n) is 3.62. The van der Waals surface area contributed by atoms with E-state index in [1.54, 1.807) is 6.07 Å². The van der Waals surface area contributed by atoms with Crippen molar-refractivity contribution in [2.45, 2.75) is 26.8 Å². The highest BCUT2D eigenvalue weighted by molar-refractivity contribution is 6.31. The number of nitrogen functional groups attached to an aromatic ring is 1. The van der Waals surface area contributed by atoms with Crippen LogP contribution in [0, 0.1) is 5.82 Å². The monoisotopic (exact) mass is 298 g/mol. The quantitative estimate of drug-likeness (QED) is 0.921. The van der Waals surface area contributed by atoms with E-state index in [4.69, 9.17) is 17.3 Å².